The Morgan fingerprint density at radius 1 is 0.909 bits per heavy atom. The maximum Gasteiger partial charge on any atom is 0.274 e. The number of hydrogen-bond acceptors (Lipinski definition) is 6. The molecular formula is C25H19N5O3. The summed E-state index contributed by atoms with van der Waals surface area (Å²) in [6.45, 7) is 0. The van der Waals surface area contributed by atoms with Crippen LogP contribution in [0.5, 0.6) is 17.2 Å². The van der Waals surface area contributed by atoms with E-state index >= 15 is 0 Å². The van der Waals surface area contributed by atoms with Crippen LogP contribution in [0.3, 0.4) is 0 Å². The molecule has 33 heavy (non-hydrogen) atoms. The van der Waals surface area contributed by atoms with Gasteiger partial charge < -0.3 is 19.8 Å². The summed E-state index contributed by atoms with van der Waals surface area (Å²) in [4.78, 5) is 28.4. The van der Waals surface area contributed by atoms with E-state index in [-0.39, 0.29) is 11.6 Å². The maximum atomic E-state index is 12.7. The quantitative estimate of drug-likeness (QED) is 0.384. The number of H-pyrrole nitrogens is 1. The van der Waals surface area contributed by atoms with E-state index in [0.717, 1.165) is 22.3 Å². The standard InChI is InChI=1S/C25H19N5O3/c1-32-18-6-2-16(3-7-18)21-14-22(29-15-28-21)25(31)30-17-4-8-19(9-5-17)33-23-11-13-27-24-20(23)10-12-26-24/h2-15H,1H3,(H,26,27)(H,30,31). The highest BCUT2D eigenvalue weighted by Crippen LogP contribution is 2.29. The number of methoxy groups -OCH3 is 1. The zero-order valence-corrected chi connectivity index (χ0v) is 17.6. The Kier molecular flexibility index (Phi) is 5.38. The minimum atomic E-state index is -0.330. The van der Waals surface area contributed by atoms with Gasteiger partial charge in [-0.25, -0.2) is 15.0 Å². The number of pyridine rings is 1. The zero-order valence-electron chi connectivity index (χ0n) is 17.6. The lowest BCUT2D eigenvalue weighted by molar-refractivity contribution is 0.102. The number of nitrogens with zero attached hydrogens (tertiary/aromatic N) is 3. The number of fused-ring (bicyclic) bond motifs is 1. The van der Waals surface area contributed by atoms with Crippen molar-refractivity contribution in [3.05, 3.63) is 91.1 Å². The van der Waals surface area contributed by atoms with Crippen LogP contribution in [-0.2, 0) is 0 Å². The molecular weight excluding hydrogens is 418 g/mol. The third-order valence-corrected chi connectivity index (χ3v) is 5.05. The number of carbonyl (C=O) groups is 1. The second-order valence-electron chi connectivity index (χ2n) is 7.15. The zero-order chi connectivity index (χ0) is 22.6. The van der Waals surface area contributed by atoms with Crippen LogP contribution in [0.1, 0.15) is 10.5 Å². The number of hydrogen-bond donors (Lipinski definition) is 2. The van der Waals surface area contributed by atoms with E-state index in [1.165, 1.54) is 6.33 Å². The highest BCUT2D eigenvalue weighted by Gasteiger charge is 2.11. The summed E-state index contributed by atoms with van der Waals surface area (Å²) >= 11 is 0. The second kappa shape index (κ2) is 8.80. The molecule has 5 aromatic rings. The fourth-order valence-electron chi connectivity index (χ4n) is 3.35. The number of anilines is 1. The molecule has 8 nitrogen and oxygen atoms in total. The molecule has 0 unspecified atom stereocenters. The minimum Gasteiger partial charge on any atom is -0.497 e. The van der Waals surface area contributed by atoms with Gasteiger partial charge in [0.1, 0.15) is 34.9 Å². The monoisotopic (exact) mass is 437 g/mol. The van der Waals surface area contributed by atoms with Crippen molar-refractivity contribution in [3.63, 3.8) is 0 Å². The summed E-state index contributed by atoms with van der Waals surface area (Å²) in [6, 6.07) is 19.9. The molecule has 3 aromatic heterocycles. The molecule has 162 valence electrons. The van der Waals surface area contributed by atoms with E-state index in [1.54, 1.807) is 49.7 Å². The summed E-state index contributed by atoms with van der Waals surface area (Å²) in [5.74, 6) is 1.76. The van der Waals surface area contributed by atoms with Crippen molar-refractivity contribution in [2.75, 3.05) is 12.4 Å². The van der Waals surface area contributed by atoms with E-state index in [9.17, 15) is 4.79 Å². The van der Waals surface area contributed by atoms with Crippen LogP contribution in [0, 0.1) is 0 Å². The number of rotatable bonds is 6. The third kappa shape index (κ3) is 4.35. The molecule has 0 aliphatic rings. The van der Waals surface area contributed by atoms with Gasteiger partial charge in [-0.1, -0.05) is 0 Å². The first-order chi connectivity index (χ1) is 16.2. The Morgan fingerprint density at radius 2 is 1.70 bits per heavy atom. The molecule has 0 spiro atoms. The molecule has 8 heteroatoms. The molecule has 5 rings (SSSR count). The molecule has 0 atom stereocenters. The Balaban J connectivity index is 1.28. The summed E-state index contributed by atoms with van der Waals surface area (Å²) in [6.07, 6.45) is 4.88. The molecule has 0 saturated carbocycles. The number of benzene rings is 2. The van der Waals surface area contributed by atoms with Crippen molar-refractivity contribution in [1.82, 2.24) is 19.9 Å². The van der Waals surface area contributed by atoms with E-state index < -0.39 is 0 Å². The lowest BCUT2D eigenvalue weighted by Gasteiger charge is -2.09. The normalized spacial score (nSPS) is 10.7. The average Bonchev–Trinajstić information content (AvgIpc) is 3.35. The molecule has 1 amide bonds. The van der Waals surface area contributed by atoms with E-state index in [2.05, 4.69) is 25.3 Å². The Bertz CT molecular complexity index is 1410. The number of ether oxygens (including phenoxy) is 2. The fraction of sp³-hybridized carbons (Fsp3) is 0.0400. The first-order valence-electron chi connectivity index (χ1n) is 10.2. The lowest BCUT2D eigenvalue weighted by atomic mass is 10.1. The largest absolute Gasteiger partial charge is 0.497 e. The van der Waals surface area contributed by atoms with Crippen LogP contribution in [0.15, 0.2) is 85.5 Å². The van der Waals surface area contributed by atoms with Gasteiger partial charge >= 0.3 is 0 Å². The summed E-state index contributed by atoms with van der Waals surface area (Å²) < 4.78 is 11.2. The van der Waals surface area contributed by atoms with Gasteiger partial charge in [-0.15, -0.1) is 0 Å². The summed E-state index contributed by atoms with van der Waals surface area (Å²) in [5.41, 5.74) is 3.16. The van der Waals surface area contributed by atoms with E-state index in [4.69, 9.17) is 9.47 Å². The number of aromatic nitrogens is 4. The van der Waals surface area contributed by atoms with E-state index in [0.29, 0.717) is 22.9 Å². The van der Waals surface area contributed by atoms with Gasteiger partial charge in [0, 0.05) is 23.6 Å². The topological polar surface area (TPSA) is 102 Å². The number of nitrogens with one attached hydrogen (secondary N) is 2. The number of carbonyl (C=O) groups excluding carboxylic acids is 1. The van der Waals surface area contributed by atoms with Crippen molar-refractivity contribution in [1.29, 1.82) is 0 Å². The molecule has 0 fully saturated rings. The van der Waals surface area contributed by atoms with Crippen LogP contribution in [0.4, 0.5) is 5.69 Å². The van der Waals surface area contributed by atoms with Gasteiger partial charge in [0.15, 0.2) is 0 Å². The third-order valence-electron chi connectivity index (χ3n) is 5.05. The average molecular weight is 437 g/mol. The van der Waals surface area contributed by atoms with Gasteiger partial charge in [0.2, 0.25) is 0 Å². The van der Waals surface area contributed by atoms with Crippen LogP contribution in [0.2, 0.25) is 0 Å². The van der Waals surface area contributed by atoms with Crippen LogP contribution in [0.25, 0.3) is 22.3 Å². The van der Waals surface area contributed by atoms with Crippen LogP contribution >= 0.6 is 0 Å². The number of aromatic amines is 1. The molecule has 2 aromatic carbocycles. The first-order valence-corrected chi connectivity index (χ1v) is 10.2. The van der Waals surface area contributed by atoms with Crippen molar-refractivity contribution < 1.29 is 14.3 Å². The highest BCUT2D eigenvalue weighted by molar-refractivity contribution is 6.03. The first kappa shape index (κ1) is 20.2. The van der Waals surface area contributed by atoms with Gasteiger partial charge in [-0.3, -0.25) is 4.79 Å². The maximum absolute atomic E-state index is 12.7. The summed E-state index contributed by atoms with van der Waals surface area (Å²) in [5, 5.41) is 3.75. The molecule has 0 radical (unpaired) electrons. The predicted octanol–water partition coefficient (Wildman–Crippen LogP) is 5.07. The van der Waals surface area contributed by atoms with Crippen molar-refractivity contribution in [2.45, 2.75) is 0 Å². The minimum absolute atomic E-state index is 0.266. The van der Waals surface area contributed by atoms with Gasteiger partial charge in [-0.05, 0) is 66.7 Å². The van der Waals surface area contributed by atoms with Gasteiger partial charge in [-0.2, -0.15) is 0 Å². The number of amides is 1. The van der Waals surface area contributed by atoms with Crippen molar-refractivity contribution in [3.8, 4) is 28.5 Å². The SMILES string of the molecule is COc1ccc(-c2cc(C(=O)Nc3ccc(Oc4ccnc5[nH]ccc45)cc3)ncn2)cc1. The second-order valence-corrected chi connectivity index (χ2v) is 7.15. The molecule has 0 bridgehead atoms. The Morgan fingerprint density at radius 3 is 2.48 bits per heavy atom. The smallest absolute Gasteiger partial charge is 0.274 e. The van der Waals surface area contributed by atoms with Crippen molar-refractivity contribution in [2.24, 2.45) is 0 Å². The van der Waals surface area contributed by atoms with Gasteiger partial charge in [0.25, 0.3) is 5.91 Å². The highest BCUT2D eigenvalue weighted by atomic mass is 16.5. The molecule has 0 aliphatic carbocycles. The molecule has 2 N–H and O–H groups in total. The predicted molar refractivity (Wildman–Crippen MR) is 125 cm³/mol. The molecule has 0 saturated heterocycles. The van der Waals surface area contributed by atoms with Crippen molar-refractivity contribution >= 4 is 22.6 Å². The molecule has 3 heterocycles. The lowest BCUT2D eigenvalue weighted by Crippen LogP contribution is -2.14. The Labute approximate surface area is 189 Å². The van der Waals surface area contributed by atoms with Gasteiger partial charge in [0.05, 0.1) is 18.2 Å². The van der Waals surface area contributed by atoms with Crippen LogP contribution < -0.4 is 14.8 Å². The molecule has 0 aliphatic heterocycles. The van der Waals surface area contributed by atoms with Crippen LogP contribution in [-0.4, -0.2) is 33.0 Å². The summed E-state index contributed by atoms with van der Waals surface area (Å²) in [7, 11) is 1.61. The Hall–Kier alpha value is -4.72. The fourth-order valence-corrected chi connectivity index (χ4v) is 3.35. The van der Waals surface area contributed by atoms with E-state index in [1.807, 2.05) is 36.5 Å².